The summed E-state index contributed by atoms with van der Waals surface area (Å²) < 4.78 is 49.5. The van der Waals surface area contributed by atoms with Gasteiger partial charge in [0.05, 0.1) is 13.2 Å². The zero-order valence-corrected chi connectivity index (χ0v) is 19.2. The molecular formula is C29H29F3O2. The molecule has 3 aromatic carbocycles. The molecule has 0 amide bonds. The Bertz CT molecular complexity index is 1150. The SMILES string of the molecule is CCOc1ccc(C=CC2CCC(c3ccc(-c4ccc(CO)cc4)c(F)c3F)CC2)c(F)c1. The van der Waals surface area contributed by atoms with E-state index in [2.05, 4.69) is 0 Å². The molecule has 1 N–H and O–H groups in total. The molecule has 3 aromatic rings. The van der Waals surface area contributed by atoms with Crippen molar-refractivity contribution in [1.29, 1.82) is 0 Å². The summed E-state index contributed by atoms with van der Waals surface area (Å²) in [4.78, 5) is 0. The van der Waals surface area contributed by atoms with E-state index in [4.69, 9.17) is 9.84 Å². The summed E-state index contributed by atoms with van der Waals surface area (Å²) in [7, 11) is 0. The molecule has 4 rings (SSSR count). The molecular weight excluding hydrogens is 437 g/mol. The van der Waals surface area contributed by atoms with Crippen molar-refractivity contribution < 1.29 is 23.0 Å². The van der Waals surface area contributed by atoms with E-state index in [1.807, 2.05) is 13.0 Å². The molecule has 0 heterocycles. The Kier molecular flexibility index (Phi) is 7.73. The van der Waals surface area contributed by atoms with Crippen molar-refractivity contribution in [2.75, 3.05) is 6.61 Å². The van der Waals surface area contributed by atoms with Gasteiger partial charge in [0, 0.05) is 17.2 Å². The van der Waals surface area contributed by atoms with E-state index in [-0.39, 0.29) is 29.8 Å². The molecule has 0 bridgehead atoms. The van der Waals surface area contributed by atoms with Gasteiger partial charge >= 0.3 is 0 Å². The van der Waals surface area contributed by atoms with Gasteiger partial charge in [0.2, 0.25) is 0 Å². The second-order valence-electron chi connectivity index (χ2n) is 8.77. The summed E-state index contributed by atoms with van der Waals surface area (Å²) in [5.41, 5.74) is 2.46. The van der Waals surface area contributed by atoms with Crippen LogP contribution >= 0.6 is 0 Å². The second kappa shape index (κ2) is 10.9. The van der Waals surface area contributed by atoms with E-state index < -0.39 is 11.6 Å². The van der Waals surface area contributed by atoms with Gasteiger partial charge in [-0.15, -0.1) is 0 Å². The maximum absolute atomic E-state index is 15.0. The Morgan fingerprint density at radius 1 is 0.912 bits per heavy atom. The van der Waals surface area contributed by atoms with Crippen LogP contribution in [0.4, 0.5) is 13.2 Å². The van der Waals surface area contributed by atoms with Crippen molar-refractivity contribution in [3.8, 4) is 16.9 Å². The van der Waals surface area contributed by atoms with Crippen LogP contribution in [-0.2, 0) is 6.61 Å². The second-order valence-corrected chi connectivity index (χ2v) is 8.77. The molecule has 2 nitrogen and oxygen atoms in total. The van der Waals surface area contributed by atoms with E-state index >= 15 is 0 Å². The van der Waals surface area contributed by atoms with Gasteiger partial charge in [0.1, 0.15) is 11.6 Å². The van der Waals surface area contributed by atoms with Crippen molar-refractivity contribution in [2.45, 2.75) is 45.1 Å². The minimum atomic E-state index is -0.831. The van der Waals surface area contributed by atoms with Gasteiger partial charge in [-0.05, 0) is 73.3 Å². The van der Waals surface area contributed by atoms with Crippen molar-refractivity contribution in [3.63, 3.8) is 0 Å². The predicted molar refractivity (Wildman–Crippen MR) is 129 cm³/mol. The van der Waals surface area contributed by atoms with Crippen molar-refractivity contribution >= 4 is 6.08 Å². The average molecular weight is 467 g/mol. The van der Waals surface area contributed by atoms with E-state index in [9.17, 15) is 13.2 Å². The van der Waals surface area contributed by atoms with Gasteiger partial charge in [-0.25, -0.2) is 13.2 Å². The first kappa shape index (κ1) is 24.1. The summed E-state index contributed by atoms with van der Waals surface area (Å²) in [5.74, 6) is -1.17. The minimum absolute atomic E-state index is 0.0350. The zero-order chi connectivity index (χ0) is 24.1. The molecule has 0 unspecified atom stereocenters. The molecule has 1 aliphatic rings. The van der Waals surface area contributed by atoms with E-state index in [1.165, 1.54) is 6.07 Å². The number of hydrogen-bond donors (Lipinski definition) is 1. The lowest BCUT2D eigenvalue weighted by atomic mass is 9.78. The summed E-state index contributed by atoms with van der Waals surface area (Å²) in [6.07, 6.45) is 7.00. The Morgan fingerprint density at radius 2 is 1.65 bits per heavy atom. The van der Waals surface area contributed by atoms with Crippen LogP contribution in [0.1, 0.15) is 55.2 Å². The van der Waals surface area contributed by atoms with E-state index in [0.717, 1.165) is 31.2 Å². The summed E-state index contributed by atoms with van der Waals surface area (Å²) in [6, 6.07) is 15.0. The highest BCUT2D eigenvalue weighted by Crippen LogP contribution is 2.39. The summed E-state index contributed by atoms with van der Waals surface area (Å²) in [5, 5.41) is 9.17. The van der Waals surface area contributed by atoms with Crippen LogP contribution in [0, 0.1) is 23.4 Å². The number of aliphatic hydroxyl groups is 1. The van der Waals surface area contributed by atoms with E-state index in [0.29, 0.717) is 29.0 Å². The van der Waals surface area contributed by atoms with Gasteiger partial charge in [0.25, 0.3) is 0 Å². The molecule has 34 heavy (non-hydrogen) atoms. The third-order valence-corrected chi connectivity index (χ3v) is 6.60. The van der Waals surface area contributed by atoms with Crippen LogP contribution in [0.3, 0.4) is 0 Å². The first-order valence-electron chi connectivity index (χ1n) is 11.8. The average Bonchev–Trinajstić information content (AvgIpc) is 2.86. The summed E-state index contributed by atoms with van der Waals surface area (Å²) in [6.45, 7) is 2.25. The smallest absolute Gasteiger partial charge is 0.166 e. The molecule has 0 aromatic heterocycles. The molecule has 0 radical (unpaired) electrons. The number of ether oxygens (including phenoxy) is 1. The number of hydrogen-bond acceptors (Lipinski definition) is 2. The number of rotatable bonds is 7. The van der Waals surface area contributed by atoms with Crippen LogP contribution in [0.25, 0.3) is 17.2 Å². The van der Waals surface area contributed by atoms with E-state index in [1.54, 1.807) is 54.6 Å². The molecule has 178 valence electrons. The largest absolute Gasteiger partial charge is 0.494 e. The molecule has 0 saturated heterocycles. The minimum Gasteiger partial charge on any atom is -0.494 e. The van der Waals surface area contributed by atoms with Gasteiger partial charge < -0.3 is 9.84 Å². The molecule has 1 fully saturated rings. The lowest BCUT2D eigenvalue weighted by Crippen LogP contribution is -2.13. The third kappa shape index (κ3) is 5.36. The number of halogens is 3. The predicted octanol–water partition coefficient (Wildman–Crippen LogP) is 7.65. The number of allylic oxidation sites excluding steroid dienone is 1. The van der Waals surface area contributed by atoms with Crippen LogP contribution in [0.5, 0.6) is 5.75 Å². The highest BCUT2D eigenvalue weighted by atomic mass is 19.2. The maximum Gasteiger partial charge on any atom is 0.166 e. The lowest BCUT2D eigenvalue weighted by Gasteiger charge is -2.27. The standard InChI is InChI=1S/C29H29F3O2/c1-2-34-24-14-13-23(27(30)17-24)12-5-19-3-8-21(9-4-19)25-15-16-26(29(32)28(25)31)22-10-6-20(18-33)7-11-22/h5-7,10-17,19,21,33H,2-4,8-9,18H2,1H3. The van der Waals surface area contributed by atoms with Gasteiger partial charge in [-0.1, -0.05) is 48.6 Å². The van der Waals surface area contributed by atoms with Crippen LogP contribution < -0.4 is 4.74 Å². The fourth-order valence-electron chi connectivity index (χ4n) is 4.65. The molecule has 0 atom stereocenters. The molecule has 1 aliphatic carbocycles. The monoisotopic (exact) mass is 466 g/mol. The highest BCUT2D eigenvalue weighted by molar-refractivity contribution is 5.65. The fourth-order valence-corrected chi connectivity index (χ4v) is 4.65. The van der Waals surface area contributed by atoms with Crippen LogP contribution in [0.2, 0.25) is 0 Å². The molecule has 5 heteroatoms. The Balaban J connectivity index is 1.41. The molecule has 0 aliphatic heterocycles. The Morgan fingerprint density at radius 3 is 2.29 bits per heavy atom. The first-order valence-corrected chi connectivity index (χ1v) is 11.8. The number of aliphatic hydroxyl groups excluding tert-OH is 1. The fraction of sp³-hybridized carbons (Fsp3) is 0.310. The Hall–Kier alpha value is -3.05. The lowest BCUT2D eigenvalue weighted by molar-refractivity contribution is 0.282. The van der Waals surface area contributed by atoms with Crippen molar-refractivity contribution in [2.24, 2.45) is 5.92 Å². The maximum atomic E-state index is 15.0. The molecule has 0 spiro atoms. The van der Waals surface area contributed by atoms with Gasteiger partial charge in [0.15, 0.2) is 11.6 Å². The summed E-state index contributed by atoms with van der Waals surface area (Å²) >= 11 is 0. The van der Waals surface area contributed by atoms with Gasteiger partial charge in [-0.2, -0.15) is 0 Å². The topological polar surface area (TPSA) is 29.5 Å². The van der Waals surface area contributed by atoms with Crippen molar-refractivity contribution in [3.05, 3.63) is 94.8 Å². The first-order chi connectivity index (χ1) is 16.5. The van der Waals surface area contributed by atoms with Gasteiger partial charge in [-0.3, -0.25) is 0 Å². The quantitative estimate of drug-likeness (QED) is 0.388. The van der Waals surface area contributed by atoms with Crippen LogP contribution in [-0.4, -0.2) is 11.7 Å². The highest BCUT2D eigenvalue weighted by Gasteiger charge is 2.25. The third-order valence-electron chi connectivity index (χ3n) is 6.60. The van der Waals surface area contributed by atoms with Crippen LogP contribution in [0.15, 0.2) is 60.7 Å². The normalized spacial score (nSPS) is 18.4. The zero-order valence-electron chi connectivity index (χ0n) is 19.2. The molecule has 1 saturated carbocycles. The number of benzene rings is 3. The Labute approximate surface area is 198 Å². The van der Waals surface area contributed by atoms with Crippen molar-refractivity contribution in [1.82, 2.24) is 0 Å².